The highest BCUT2D eigenvalue weighted by Crippen LogP contribution is 2.14. The molecule has 0 aliphatic carbocycles. The molecule has 1 N–H and O–H groups in total. The summed E-state index contributed by atoms with van der Waals surface area (Å²) >= 11 is 0. The van der Waals surface area contributed by atoms with E-state index in [1.807, 2.05) is 4.68 Å². The van der Waals surface area contributed by atoms with Gasteiger partial charge in [-0.15, -0.1) is 0 Å². The van der Waals surface area contributed by atoms with Gasteiger partial charge in [0.1, 0.15) is 12.2 Å². The third-order valence-corrected chi connectivity index (χ3v) is 2.94. The van der Waals surface area contributed by atoms with E-state index in [4.69, 9.17) is 9.47 Å². The number of methoxy groups -OCH3 is 2. The van der Waals surface area contributed by atoms with Gasteiger partial charge in [-0.1, -0.05) is 0 Å². The SMILES string of the molecule is COCCNCc1ncnn1CCC(C)(C)OC. The Morgan fingerprint density at radius 2 is 2.17 bits per heavy atom. The Morgan fingerprint density at radius 1 is 1.39 bits per heavy atom. The second-order valence-electron chi connectivity index (χ2n) is 4.78. The Bertz CT molecular complexity index is 339. The number of aryl methyl sites for hydroxylation is 1. The van der Waals surface area contributed by atoms with Gasteiger partial charge < -0.3 is 14.8 Å². The van der Waals surface area contributed by atoms with E-state index < -0.39 is 0 Å². The molecule has 0 atom stereocenters. The van der Waals surface area contributed by atoms with Gasteiger partial charge in [0.2, 0.25) is 0 Å². The zero-order chi connectivity index (χ0) is 13.4. The third-order valence-electron chi connectivity index (χ3n) is 2.94. The van der Waals surface area contributed by atoms with Crippen molar-refractivity contribution in [3.05, 3.63) is 12.2 Å². The van der Waals surface area contributed by atoms with E-state index >= 15 is 0 Å². The van der Waals surface area contributed by atoms with Crippen molar-refractivity contribution in [2.75, 3.05) is 27.4 Å². The van der Waals surface area contributed by atoms with E-state index in [2.05, 4.69) is 29.2 Å². The third kappa shape index (κ3) is 5.12. The summed E-state index contributed by atoms with van der Waals surface area (Å²) in [5.41, 5.74) is -0.132. The maximum atomic E-state index is 5.40. The zero-order valence-electron chi connectivity index (χ0n) is 11.8. The molecule has 6 nitrogen and oxygen atoms in total. The highest BCUT2D eigenvalue weighted by atomic mass is 16.5. The van der Waals surface area contributed by atoms with Gasteiger partial charge in [-0.3, -0.25) is 0 Å². The summed E-state index contributed by atoms with van der Waals surface area (Å²) in [4.78, 5) is 4.25. The maximum Gasteiger partial charge on any atom is 0.140 e. The van der Waals surface area contributed by atoms with Crippen LogP contribution in [0.3, 0.4) is 0 Å². The van der Waals surface area contributed by atoms with Gasteiger partial charge in [-0.25, -0.2) is 9.67 Å². The van der Waals surface area contributed by atoms with Crippen molar-refractivity contribution in [3.8, 4) is 0 Å². The first kappa shape index (κ1) is 15.1. The highest BCUT2D eigenvalue weighted by molar-refractivity contribution is 4.84. The predicted molar refractivity (Wildman–Crippen MR) is 69.3 cm³/mol. The molecule has 0 saturated heterocycles. The van der Waals surface area contributed by atoms with Crippen molar-refractivity contribution < 1.29 is 9.47 Å². The smallest absolute Gasteiger partial charge is 0.140 e. The normalized spacial score (nSPS) is 12.0. The second kappa shape index (κ2) is 7.45. The zero-order valence-corrected chi connectivity index (χ0v) is 11.8. The standard InChI is InChI=1S/C12H24N4O2/c1-12(2,18-4)5-7-16-11(14-10-15-16)9-13-6-8-17-3/h10,13H,5-9H2,1-4H3. The van der Waals surface area contributed by atoms with E-state index in [9.17, 15) is 0 Å². The van der Waals surface area contributed by atoms with Crippen LogP contribution >= 0.6 is 0 Å². The van der Waals surface area contributed by atoms with Crippen molar-refractivity contribution in [2.24, 2.45) is 0 Å². The average molecular weight is 256 g/mol. The fourth-order valence-electron chi connectivity index (χ4n) is 1.46. The molecule has 0 radical (unpaired) electrons. The molecule has 104 valence electrons. The molecule has 1 aromatic heterocycles. The first-order chi connectivity index (χ1) is 8.59. The number of nitrogens with one attached hydrogen (secondary N) is 1. The average Bonchev–Trinajstić information content (AvgIpc) is 2.80. The minimum absolute atomic E-state index is 0.132. The molecule has 0 fully saturated rings. The summed E-state index contributed by atoms with van der Waals surface area (Å²) in [5.74, 6) is 0.943. The maximum absolute atomic E-state index is 5.40. The van der Waals surface area contributed by atoms with Crippen LogP contribution in [0.5, 0.6) is 0 Å². The first-order valence-corrected chi connectivity index (χ1v) is 6.20. The Hall–Kier alpha value is -0.980. The van der Waals surface area contributed by atoms with Gasteiger partial charge >= 0.3 is 0 Å². The lowest BCUT2D eigenvalue weighted by molar-refractivity contribution is 0.0111. The van der Waals surface area contributed by atoms with Crippen molar-refractivity contribution >= 4 is 0 Å². The Balaban J connectivity index is 2.40. The van der Waals surface area contributed by atoms with Crippen molar-refractivity contribution in [2.45, 2.75) is 39.0 Å². The van der Waals surface area contributed by atoms with Gasteiger partial charge in [0.25, 0.3) is 0 Å². The number of hydrogen-bond donors (Lipinski definition) is 1. The molecule has 0 aromatic carbocycles. The van der Waals surface area contributed by atoms with E-state index in [1.165, 1.54) is 0 Å². The van der Waals surface area contributed by atoms with Crippen LogP contribution in [-0.4, -0.2) is 47.7 Å². The number of ether oxygens (including phenoxy) is 2. The number of nitrogens with zero attached hydrogens (tertiary/aromatic N) is 3. The summed E-state index contributed by atoms with van der Waals surface area (Å²) in [6.07, 6.45) is 2.49. The summed E-state index contributed by atoms with van der Waals surface area (Å²) in [5, 5.41) is 7.49. The number of rotatable bonds is 9. The molecule has 0 saturated carbocycles. The summed E-state index contributed by atoms with van der Waals surface area (Å²) in [6, 6.07) is 0. The van der Waals surface area contributed by atoms with Crippen LogP contribution in [0.25, 0.3) is 0 Å². The van der Waals surface area contributed by atoms with Crippen molar-refractivity contribution in [1.82, 2.24) is 20.1 Å². The molecule has 6 heteroatoms. The molecule has 0 spiro atoms. The molecule has 1 aromatic rings. The monoisotopic (exact) mass is 256 g/mol. The van der Waals surface area contributed by atoms with Crippen LogP contribution in [0.15, 0.2) is 6.33 Å². The lowest BCUT2D eigenvalue weighted by Gasteiger charge is -2.22. The van der Waals surface area contributed by atoms with E-state index in [0.717, 1.165) is 25.3 Å². The molecule has 0 bridgehead atoms. The fraction of sp³-hybridized carbons (Fsp3) is 0.833. The van der Waals surface area contributed by atoms with Gasteiger partial charge in [0, 0.05) is 27.3 Å². The van der Waals surface area contributed by atoms with Crippen molar-refractivity contribution in [3.63, 3.8) is 0 Å². The molecule has 0 aliphatic rings. The lowest BCUT2D eigenvalue weighted by atomic mass is 10.1. The van der Waals surface area contributed by atoms with Crippen LogP contribution in [-0.2, 0) is 22.6 Å². The van der Waals surface area contributed by atoms with Crippen LogP contribution in [0.2, 0.25) is 0 Å². The van der Waals surface area contributed by atoms with Gasteiger partial charge in [0.15, 0.2) is 0 Å². The van der Waals surface area contributed by atoms with E-state index in [-0.39, 0.29) is 5.60 Å². The van der Waals surface area contributed by atoms with Gasteiger partial charge in [-0.05, 0) is 20.3 Å². The fourth-order valence-corrected chi connectivity index (χ4v) is 1.46. The predicted octanol–water partition coefficient (Wildman–Crippen LogP) is 0.829. The van der Waals surface area contributed by atoms with Gasteiger partial charge in [0.05, 0.1) is 18.8 Å². The largest absolute Gasteiger partial charge is 0.383 e. The van der Waals surface area contributed by atoms with Crippen molar-refractivity contribution in [1.29, 1.82) is 0 Å². The molecule has 1 heterocycles. The molecule has 0 amide bonds. The number of hydrogen-bond acceptors (Lipinski definition) is 5. The molecule has 0 unspecified atom stereocenters. The minimum atomic E-state index is -0.132. The van der Waals surface area contributed by atoms with Crippen LogP contribution in [0.4, 0.5) is 0 Å². The Kier molecular flexibility index (Phi) is 6.24. The highest BCUT2D eigenvalue weighted by Gasteiger charge is 2.17. The first-order valence-electron chi connectivity index (χ1n) is 6.20. The molecular weight excluding hydrogens is 232 g/mol. The van der Waals surface area contributed by atoms with E-state index in [0.29, 0.717) is 13.2 Å². The summed E-state index contributed by atoms with van der Waals surface area (Å²) in [6.45, 7) is 7.16. The minimum Gasteiger partial charge on any atom is -0.383 e. The molecular formula is C12H24N4O2. The second-order valence-corrected chi connectivity index (χ2v) is 4.78. The lowest BCUT2D eigenvalue weighted by Crippen LogP contribution is -2.26. The van der Waals surface area contributed by atoms with Gasteiger partial charge in [-0.2, -0.15) is 5.10 Å². The van der Waals surface area contributed by atoms with Crippen LogP contribution < -0.4 is 5.32 Å². The van der Waals surface area contributed by atoms with Crippen LogP contribution in [0, 0.1) is 0 Å². The Labute approximate surface area is 109 Å². The Morgan fingerprint density at radius 3 is 2.83 bits per heavy atom. The molecule has 1 rings (SSSR count). The summed E-state index contributed by atoms with van der Waals surface area (Å²) < 4.78 is 12.3. The molecule has 0 aliphatic heterocycles. The topological polar surface area (TPSA) is 61.2 Å². The quantitative estimate of drug-likeness (QED) is 0.663. The molecule has 18 heavy (non-hydrogen) atoms. The van der Waals surface area contributed by atoms with Crippen LogP contribution in [0.1, 0.15) is 26.1 Å². The summed E-state index contributed by atoms with van der Waals surface area (Å²) in [7, 11) is 3.42. The van der Waals surface area contributed by atoms with E-state index in [1.54, 1.807) is 20.5 Å². The number of aromatic nitrogens is 3.